The SMILES string of the molecule is C1C[C]2NCCNC2C1. The van der Waals surface area contributed by atoms with E-state index in [1.807, 2.05) is 0 Å². The van der Waals surface area contributed by atoms with E-state index in [1.165, 1.54) is 19.3 Å². The summed E-state index contributed by atoms with van der Waals surface area (Å²) in [5, 5.41) is 6.92. The number of piperazine rings is 1. The maximum absolute atomic E-state index is 3.48. The van der Waals surface area contributed by atoms with E-state index in [0.29, 0.717) is 0 Å². The van der Waals surface area contributed by atoms with Crippen LogP contribution in [0, 0.1) is 6.04 Å². The second-order valence-corrected chi connectivity index (χ2v) is 2.85. The first-order chi connectivity index (χ1) is 4.47. The third-order valence-corrected chi connectivity index (χ3v) is 2.23. The van der Waals surface area contributed by atoms with Gasteiger partial charge in [-0.15, -0.1) is 0 Å². The Morgan fingerprint density at radius 3 is 3.22 bits per heavy atom. The Hall–Kier alpha value is -0.0800. The van der Waals surface area contributed by atoms with Crippen LogP contribution in [0.2, 0.25) is 0 Å². The molecular formula is C7H13N2. The Morgan fingerprint density at radius 1 is 1.33 bits per heavy atom. The highest BCUT2D eigenvalue weighted by molar-refractivity contribution is 5.06. The van der Waals surface area contributed by atoms with E-state index in [9.17, 15) is 0 Å². The molecule has 9 heavy (non-hydrogen) atoms. The molecule has 0 spiro atoms. The maximum Gasteiger partial charge on any atom is 0.0535 e. The molecule has 0 aromatic rings. The van der Waals surface area contributed by atoms with Gasteiger partial charge in [-0.1, -0.05) is 0 Å². The fraction of sp³-hybridized carbons (Fsp3) is 0.857. The minimum atomic E-state index is 0.721. The first kappa shape index (κ1) is 5.69. The van der Waals surface area contributed by atoms with Crippen LogP contribution in [-0.4, -0.2) is 19.1 Å². The van der Waals surface area contributed by atoms with Crippen molar-refractivity contribution in [2.75, 3.05) is 13.1 Å². The van der Waals surface area contributed by atoms with Crippen molar-refractivity contribution in [3.63, 3.8) is 0 Å². The summed E-state index contributed by atoms with van der Waals surface area (Å²) in [5.74, 6) is 0. The van der Waals surface area contributed by atoms with Gasteiger partial charge in [0.1, 0.15) is 0 Å². The molecule has 2 rings (SSSR count). The van der Waals surface area contributed by atoms with E-state index in [1.54, 1.807) is 6.04 Å². The standard InChI is InChI=1S/C7H13N2/c1-2-6-7(3-1)9-5-4-8-6/h6,8-9H,1-5H2. The van der Waals surface area contributed by atoms with Crippen LogP contribution >= 0.6 is 0 Å². The van der Waals surface area contributed by atoms with Gasteiger partial charge in [0.05, 0.1) is 6.04 Å². The van der Waals surface area contributed by atoms with Gasteiger partial charge >= 0.3 is 0 Å². The molecule has 1 atom stereocenters. The smallest absolute Gasteiger partial charge is 0.0535 e. The molecule has 2 N–H and O–H groups in total. The van der Waals surface area contributed by atoms with Crippen molar-refractivity contribution in [2.24, 2.45) is 0 Å². The average molecular weight is 125 g/mol. The molecule has 1 aliphatic carbocycles. The molecule has 2 nitrogen and oxygen atoms in total. The Morgan fingerprint density at radius 2 is 2.33 bits per heavy atom. The second-order valence-electron chi connectivity index (χ2n) is 2.85. The Balaban J connectivity index is 1.97. The van der Waals surface area contributed by atoms with Gasteiger partial charge in [-0.05, 0) is 19.3 Å². The van der Waals surface area contributed by atoms with Crippen molar-refractivity contribution in [2.45, 2.75) is 25.3 Å². The zero-order valence-electron chi connectivity index (χ0n) is 5.61. The highest BCUT2D eigenvalue weighted by Crippen LogP contribution is 2.26. The summed E-state index contributed by atoms with van der Waals surface area (Å²) < 4.78 is 0. The van der Waals surface area contributed by atoms with E-state index in [2.05, 4.69) is 10.6 Å². The second kappa shape index (κ2) is 2.27. The Bertz CT molecular complexity index is 91.1. The predicted molar refractivity (Wildman–Crippen MR) is 36.9 cm³/mol. The van der Waals surface area contributed by atoms with Gasteiger partial charge in [0.2, 0.25) is 0 Å². The molecule has 2 fully saturated rings. The minimum absolute atomic E-state index is 0.721. The van der Waals surface area contributed by atoms with Crippen LogP contribution in [0.25, 0.3) is 0 Å². The first-order valence-corrected chi connectivity index (χ1v) is 3.80. The molecule has 2 aliphatic rings. The van der Waals surface area contributed by atoms with Gasteiger partial charge in [0, 0.05) is 19.1 Å². The highest BCUT2D eigenvalue weighted by Gasteiger charge is 2.29. The van der Waals surface area contributed by atoms with E-state index in [-0.39, 0.29) is 0 Å². The van der Waals surface area contributed by atoms with Crippen molar-refractivity contribution in [1.29, 1.82) is 0 Å². The Labute approximate surface area is 56.0 Å². The average Bonchev–Trinajstić information content (AvgIpc) is 2.33. The predicted octanol–water partition coefficient (Wildman–Crippen LogP) is 0.264. The summed E-state index contributed by atoms with van der Waals surface area (Å²) in [6, 6.07) is 2.28. The number of rotatable bonds is 0. The molecular weight excluding hydrogens is 112 g/mol. The fourth-order valence-corrected chi connectivity index (χ4v) is 1.75. The van der Waals surface area contributed by atoms with Crippen molar-refractivity contribution in [3.05, 3.63) is 6.04 Å². The molecule has 0 amide bonds. The molecule has 1 saturated heterocycles. The monoisotopic (exact) mass is 125 g/mol. The van der Waals surface area contributed by atoms with Gasteiger partial charge in [0.25, 0.3) is 0 Å². The van der Waals surface area contributed by atoms with Gasteiger partial charge in [-0.3, -0.25) is 0 Å². The van der Waals surface area contributed by atoms with Crippen LogP contribution in [0.5, 0.6) is 0 Å². The van der Waals surface area contributed by atoms with Crippen molar-refractivity contribution in [3.8, 4) is 0 Å². The molecule has 1 unspecified atom stereocenters. The molecule has 51 valence electrons. The summed E-state index contributed by atoms with van der Waals surface area (Å²) in [4.78, 5) is 0. The maximum atomic E-state index is 3.48. The quantitative estimate of drug-likeness (QED) is 0.485. The van der Waals surface area contributed by atoms with Gasteiger partial charge < -0.3 is 10.6 Å². The summed E-state index contributed by atoms with van der Waals surface area (Å²) in [5.41, 5.74) is 0. The van der Waals surface area contributed by atoms with Crippen molar-refractivity contribution >= 4 is 0 Å². The third-order valence-electron chi connectivity index (χ3n) is 2.23. The molecule has 0 aromatic heterocycles. The minimum Gasteiger partial charge on any atom is -0.311 e. The lowest BCUT2D eigenvalue weighted by Crippen LogP contribution is -2.47. The molecule has 1 heterocycles. The Kier molecular flexibility index (Phi) is 1.44. The molecule has 1 aliphatic heterocycles. The number of hydrogen-bond acceptors (Lipinski definition) is 2. The number of fused-ring (bicyclic) bond motifs is 1. The van der Waals surface area contributed by atoms with Gasteiger partial charge in [-0.2, -0.15) is 0 Å². The molecule has 1 radical (unpaired) electrons. The van der Waals surface area contributed by atoms with E-state index in [4.69, 9.17) is 0 Å². The van der Waals surface area contributed by atoms with E-state index in [0.717, 1.165) is 19.1 Å². The van der Waals surface area contributed by atoms with Crippen molar-refractivity contribution < 1.29 is 0 Å². The molecule has 0 bridgehead atoms. The van der Waals surface area contributed by atoms with Crippen LogP contribution in [0.3, 0.4) is 0 Å². The van der Waals surface area contributed by atoms with Crippen LogP contribution in [-0.2, 0) is 0 Å². The highest BCUT2D eigenvalue weighted by atomic mass is 15.1. The first-order valence-electron chi connectivity index (χ1n) is 3.80. The van der Waals surface area contributed by atoms with E-state index < -0.39 is 0 Å². The van der Waals surface area contributed by atoms with Crippen LogP contribution < -0.4 is 10.6 Å². The van der Waals surface area contributed by atoms with E-state index >= 15 is 0 Å². The van der Waals surface area contributed by atoms with Crippen LogP contribution in [0.4, 0.5) is 0 Å². The van der Waals surface area contributed by atoms with Crippen LogP contribution in [0.15, 0.2) is 0 Å². The summed E-state index contributed by atoms with van der Waals surface area (Å²) in [6.45, 7) is 2.28. The molecule has 1 saturated carbocycles. The molecule has 0 aromatic carbocycles. The summed E-state index contributed by atoms with van der Waals surface area (Å²) in [6.07, 6.45) is 4.03. The summed E-state index contributed by atoms with van der Waals surface area (Å²) in [7, 11) is 0. The fourth-order valence-electron chi connectivity index (χ4n) is 1.75. The van der Waals surface area contributed by atoms with Crippen molar-refractivity contribution in [1.82, 2.24) is 10.6 Å². The normalized spacial score (nSPS) is 36.7. The number of hydrogen-bond donors (Lipinski definition) is 2. The lowest BCUT2D eigenvalue weighted by Gasteiger charge is -2.26. The lowest BCUT2D eigenvalue weighted by atomic mass is 10.1. The topological polar surface area (TPSA) is 24.1 Å². The zero-order chi connectivity index (χ0) is 6.10. The summed E-state index contributed by atoms with van der Waals surface area (Å²) >= 11 is 0. The largest absolute Gasteiger partial charge is 0.311 e. The third kappa shape index (κ3) is 0.970. The number of nitrogens with one attached hydrogen (secondary N) is 2. The zero-order valence-corrected chi connectivity index (χ0v) is 5.61. The molecule has 2 heteroatoms. The van der Waals surface area contributed by atoms with Gasteiger partial charge in [-0.25, -0.2) is 0 Å². The van der Waals surface area contributed by atoms with Gasteiger partial charge in [0.15, 0.2) is 0 Å². The van der Waals surface area contributed by atoms with Crippen LogP contribution in [0.1, 0.15) is 19.3 Å². The lowest BCUT2D eigenvalue weighted by molar-refractivity contribution is 0.441.